The third-order valence-electron chi connectivity index (χ3n) is 5.03. The van der Waals surface area contributed by atoms with Gasteiger partial charge in [0.2, 0.25) is 5.95 Å². The number of alkyl halides is 3. The Balaban J connectivity index is 1.62. The lowest BCUT2D eigenvalue weighted by atomic mass is 9.91. The molecule has 10 heteroatoms. The molecular weight excluding hydrogens is 392 g/mol. The summed E-state index contributed by atoms with van der Waals surface area (Å²) >= 11 is 0. The third-order valence-corrected chi connectivity index (χ3v) is 5.03. The summed E-state index contributed by atoms with van der Waals surface area (Å²) in [5.74, 6) is -1.34. The number of halogens is 4. The van der Waals surface area contributed by atoms with Crippen molar-refractivity contribution < 1.29 is 27.5 Å². The number of nitrogens with one attached hydrogen (secondary N) is 1. The van der Waals surface area contributed by atoms with Crippen LogP contribution >= 0.6 is 0 Å². The zero-order valence-corrected chi connectivity index (χ0v) is 15.0. The van der Waals surface area contributed by atoms with E-state index in [0.717, 1.165) is 23.7 Å². The maximum atomic E-state index is 13.8. The first-order valence-corrected chi connectivity index (χ1v) is 8.89. The summed E-state index contributed by atoms with van der Waals surface area (Å²) in [4.78, 5) is 18.7. The van der Waals surface area contributed by atoms with Crippen LogP contribution in [0.5, 0.6) is 0 Å². The quantitative estimate of drug-likeness (QED) is 0.645. The van der Waals surface area contributed by atoms with Crippen LogP contribution in [0.4, 0.5) is 23.5 Å². The van der Waals surface area contributed by atoms with Crippen molar-refractivity contribution in [3.8, 4) is 0 Å². The monoisotopic (exact) mass is 408 g/mol. The zero-order valence-electron chi connectivity index (χ0n) is 15.0. The van der Waals surface area contributed by atoms with Crippen molar-refractivity contribution in [3.63, 3.8) is 0 Å². The average molecular weight is 408 g/mol. The van der Waals surface area contributed by atoms with Gasteiger partial charge in [-0.25, -0.2) is 14.4 Å². The van der Waals surface area contributed by atoms with E-state index in [1.54, 1.807) is 10.6 Å². The first-order chi connectivity index (χ1) is 13.7. The number of anilines is 1. The SMILES string of the molecule is O=C(O)Cn1c2c(c3cc(F)ccc31)C[C@H](Nc1ncc(C(F)(F)F)cn1)CC2. The summed E-state index contributed by atoms with van der Waals surface area (Å²) in [6.45, 7) is -0.225. The highest BCUT2D eigenvalue weighted by molar-refractivity contribution is 5.87. The van der Waals surface area contributed by atoms with Gasteiger partial charge in [0.15, 0.2) is 0 Å². The normalized spacial score (nSPS) is 16.6. The van der Waals surface area contributed by atoms with Crippen molar-refractivity contribution >= 4 is 22.8 Å². The maximum absolute atomic E-state index is 13.8. The van der Waals surface area contributed by atoms with Gasteiger partial charge in [-0.2, -0.15) is 13.2 Å². The molecule has 3 aromatic rings. The van der Waals surface area contributed by atoms with Gasteiger partial charge in [0.1, 0.15) is 12.4 Å². The molecule has 6 nitrogen and oxygen atoms in total. The molecule has 4 rings (SSSR count). The number of carboxylic acid groups (broad SMARTS) is 1. The largest absolute Gasteiger partial charge is 0.480 e. The first-order valence-electron chi connectivity index (χ1n) is 8.89. The molecule has 29 heavy (non-hydrogen) atoms. The summed E-state index contributed by atoms with van der Waals surface area (Å²) in [5, 5.41) is 12.9. The molecule has 0 saturated heterocycles. The van der Waals surface area contributed by atoms with Crippen molar-refractivity contribution in [2.75, 3.05) is 5.32 Å². The van der Waals surface area contributed by atoms with Crippen molar-refractivity contribution in [2.45, 2.75) is 38.0 Å². The molecule has 2 aromatic heterocycles. The first kappa shape index (κ1) is 19.2. The molecule has 0 spiro atoms. The summed E-state index contributed by atoms with van der Waals surface area (Å²) < 4.78 is 53.4. The zero-order chi connectivity index (χ0) is 20.8. The number of aromatic nitrogens is 3. The molecule has 1 aromatic carbocycles. The minimum Gasteiger partial charge on any atom is -0.480 e. The Morgan fingerprint density at radius 2 is 2.00 bits per heavy atom. The Bertz CT molecular complexity index is 1080. The van der Waals surface area contributed by atoms with Crippen molar-refractivity contribution in [1.82, 2.24) is 14.5 Å². The Labute approximate surface area is 162 Å². The highest BCUT2D eigenvalue weighted by atomic mass is 19.4. The van der Waals surface area contributed by atoms with E-state index >= 15 is 0 Å². The topological polar surface area (TPSA) is 80.0 Å². The fourth-order valence-corrected chi connectivity index (χ4v) is 3.79. The van der Waals surface area contributed by atoms with Crippen LogP contribution in [0.15, 0.2) is 30.6 Å². The van der Waals surface area contributed by atoms with Crippen LogP contribution in [0.3, 0.4) is 0 Å². The standard InChI is InChI=1S/C19H16F4N4O2/c20-11-1-3-15-13(5-11)14-6-12(2-4-16(14)27(15)9-17(28)29)26-18-24-7-10(8-25-18)19(21,22)23/h1,3,5,7-8,12H,2,4,6,9H2,(H,28,29)(H,24,25,26)/t12-/m1/s1. The third kappa shape index (κ3) is 3.74. The lowest BCUT2D eigenvalue weighted by Crippen LogP contribution is -2.29. The van der Waals surface area contributed by atoms with E-state index < -0.39 is 23.5 Å². The molecule has 0 bridgehead atoms. The minimum atomic E-state index is -4.51. The minimum absolute atomic E-state index is 0.0758. The summed E-state index contributed by atoms with van der Waals surface area (Å²) in [5.41, 5.74) is 1.38. The highest BCUT2D eigenvalue weighted by Crippen LogP contribution is 2.34. The number of rotatable bonds is 4. The fraction of sp³-hybridized carbons (Fsp3) is 0.316. The van der Waals surface area contributed by atoms with Crippen molar-refractivity contribution in [2.24, 2.45) is 0 Å². The van der Waals surface area contributed by atoms with Gasteiger partial charge in [0.05, 0.1) is 5.56 Å². The number of benzene rings is 1. The van der Waals surface area contributed by atoms with Crippen LogP contribution in [0.1, 0.15) is 23.2 Å². The second-order valence-electron chi connectivity index (χ2n) is 6.94. The molecule has 0 saturated carbocycles. The molecule has 0 fully saturated rings. The Kier molecular flexibility index (Phi) is 4.64. The predicted molar refractivity (Wildman–Crippen MR) is 96.0 cm³/mol. The van der Waals surface area contributed by atoms with Gasteiger partial charge in [0.25, 0.3) is 0 Å². The molecule has 152 valence electrons. The number of hydrogen-bond acceptors (Lipinski definition) is 4. The summed E-state index contributed by atoms with van der Waals surface area (Å²) in [6.07, 6.45) is -1.47. The van der Waals surface area contributed by atoms with Crippen LogP contribution in [0, 0.1) is 5.82 Å². The number of nitrogens with zero attached hydrogens (tertiary/aromatic N) is 3. The summed E-state index contributed by atoms with van der Waals surface area (Å²) in [6, 6.07) is 4.06. The van der Waals surface area contributed by atoms with E-state index in [-0.39, 0.29) is 18.5 Å². The second kappa shape index (κ2) is 7.02. The van der Waals surface area contributed by atoms with Crippen molar-refractivity contribution in [3.05, 3.63) is 53.2 Å². The lowest BCUT2D eigenvalue weighted by Gasteiger charge is -2.25. The van der Waals surface area contributed by atoms with Gasteiger partial charge in [-0.05, 0) is 43.0 Å². The van der Waals surface area contributed by atoms with E-state index in [0.29, 0.717) is 30.2 Å². The Morgan fingerprint density at radius 1 is 1.28 bits per heavy atom. The van der Waals surface area contributed by atoms with Gasteiger partial charge < -0.3 is 15.0 Å². The van der Waals surface area contributed by atoms with Gasteiger partial charge in [-0.3, -0.25) is 4.79 Å². The number of carboxylic acids is 1. The lowest BCUT2D eigenvalue weighted by molar-refractivity contribution is -0.138. The molecule has 0 unspecified atom stereocenters. The van der Waals surface area contributed by atoms with Crippen molar-refractivity contribution in [1.29, 1.82) is 0 Å². The molecule has 2 heterocycles. The summed E-state index contributed by atoms with van der Waals surface area (Å²) in [7, 11) is 0. The van der Waals surface area contributed by atoms with E-state index in [9.17, 15) is 27.5 Å². The molecule has 0 radical (unpaired) electrons. The van der Waals surface area contributed by atoms with Crippen LogP contribution < -0.4 is 5.32 Å². The Hall–Kier alpha value is -3.17. The van der Waals surface area contributed by atoms with Crippen LogP contribution in [-0.2, 0) is 30.4 Å². The number of fused-ring (bicyclic) bond motifs is 3. The maximum Gasteiger partial charge on any atom is 0.419 e. The molecule has 0 amide bonds. The molecular formula is C19H16F4N4O2. The van der Waals surface area contributed by atoms with E-state index in [1.807, 2.05) is 0 Å². The van der Waals surface area contributed by atoms with Crippen LogP contribution in [0.2, 0.25) is 0 Å². The second-order valence-corrected chi connectivity index (χ2v) is 6.94. The van der Waals surface area contributed by atoms with Gasteiger partial charge in [-0.15, -0.1) is 0 Å². The number of aliphatic carboxylic acids is 1. The fourth-order valence-electron chi connectivity index (χ4n) is 3.79. The molecule has 0 aliphatic heterocycles. The predicted octanol–water partition coefficient (Wildman–Crippen LogP) is 3.64. The van der Waals surface area contributed by atoms with Gasteiger partial charge in [0, 0.05) is 35.0 Å². The number of hydrogen-bond donors (Lipinski definition) is 2. The molecule has 1 atom stereocenters. The molecule has 2 N–H and O–H groups in total. The highest BCUT2D eigenvalue weighted by Gasteiger charge is 2.32. The Morgan fingerprint density at radius 3 is 2.66 bits per heavy atom. The molecule has 1 aliphatic rings. The van der Waals surface area contributed by atoms with Crippen LogP contribution in [-0.4, -0.2) is 31.7 Å². The average Bonchev–Trinajstić information content (AvgIpc) is 2.94. The van der Waals surface area contributed by atoms with E-state index in [2.05, 4.69) is 15.3 Å². The van der Waals surface area contributed by atoms with Gasteiger partial charge >= 0.3 is 12.1 Å². The molecule has 1 aliphatic carbocycles. The van der Waals surface area contributed by atoms with E-state index in [4.69, 9.17) is 0 Å². The van der Waals surface area contributed by atoms with Gasteiger partial charge in [-0.1, -0.05) is 0 Å². The number of carbonyl (C=O) groups is 1. The smallest absolute Gasteiger partial charge is 0.419 e. The van der Waals surface area contributed by atoms with E-state index in [1.165, 1.54) is 12.1 Å². The van der Waals surface area contributed by atoms with Crippen LogP contribution in [0.25, 0.3) is 10.9 Å².